The van der Waals surface area contributed by atoms with E-state index in [1.807, 2.05) is 18.2 Å². The lowest BCUT2D eigenvalue weighted by molar-refractivity contribution is -0.184. The first kappa shape index (κ1) is 8.88. The zero-order valence-corrected chi connectivity index (χ0v) is 8.12. The summed E-state index contributed by atoms with van der Waals surface area (Å²) < 4.78 is 5.00. The number of amides is 1. The van der Waals surface area contributed by atoms with Gasteiger partial charge in [0.15, 0.2) is 0 Å². The van der Waals surface area contributed by atoms with E-state index in [4.69, 9.17) is 4.74 Å². The third kappa shape index (κ3) is 1.26. The van der Waals surface area contributed by atoms with Crippen molar-refractivity contribution in [2.45, 2.75) is 12.0 Å². The van der Waals surface area contributed by atoms with Crippen LogP contribution in [0.3, 0.4) is 0 Å². The summed E-state index contributed by atoms with van der Waals surface area (Å²) in [5, 5.41) is 12.8. The predicted octanol–water partition coefficient (Wildman–Crippen LogP) is 0.399. The molecule has 0 aliphatic carbocycles. The summed E-state index contributed by atoms with van der Waals surface area (Å²) in [6.07, 6.45) is 0.403. The first-order valence-electron chi connectivity index (χ1n) is 4.91. The molecule has 2 N–H and O–H groups in total. The highest BCUT2D eigenvalue weighted by molar-refractivity contribution is 5.99. The molecule has 0 spiro atoms. The van der Waals surface area contributed by atoms with Gasteiger partial charge in [-0.15, -0.1) is 0 Å². The predicted molar refractivity (Wildman–Crippen MR) is 53.5 cm³/mol. The largest absolute Gasteiger partial charge is 0.380 e. The van der Waals surface area contributed by atoms with E-state index in [0.717, 1.165) is 16.8 Å². The van der Waals surface area contributed by atoms with Gasteiger partial charge in [-0.05, 0) is 17.2 Å². The van der Waals surface area contributed by atoms with Gasteiger partial charge in [-0.3, -0.25) is 4.79 Å². The molecule has 1 fully saturated rings. The molecule has 2 aliphatic heterocycles. The van der Waals surface area contributed by atoms with Gasteiger partial charge in [-0.2, -0.15) is 0 Å². The van der Waals surface area contributed by atoms with Crippen LogP contribution in [-0.4, -0.2) is 24.2 Å². The Labute approximate surface area is 86.9 Å². The summed E-state index contributed by atoms with van der Waals surface area (Å²) in [5.74, 6) is 0.0130. The Morgan fingerprint density at radius 3 is 2.87 bits per heavy atom. The fourth-order valence-electron chi connectivity index (χ4n) is 1.98. The summed E-state index contributed by atoms with van der Waals surface area (Å²) in [7, 11) is 0. The Bertz CT molecular complexity index is 437. The quantitative estimate of drug-likeness (QED) is 0.697. The molecule has 3 rings (SSSR count). The minimum atomic E-state index is -0.847. The minimum absolute atomic E-state index is 0.0130. The maximum atomic E-state index is 11.1. The van der Waals surface area contributed by atoms with E-state index in [1.165, 1.54) is 0 Å². The highest BCUT2D eigenvalue weighted by atomic mass is 16.5. The van der Waals surface area contributed by atoms with Crippen LogP contribution in [0.25, 0.3) is 0 Å². The highest BCUT2D eigenvalue weighted by Crippen LogP contribution is 2.33. The van der Waals surface area contributed by atoms with Gasteiger partial charge in [0, 0.05) is 5.69 Å². The number of hydrogen-bond acceptors (Lipinski definition) is 3. The van der Waals surface area contributed by atoms with Gasteiger partial charge in [0.25, 0.3) is 0 Å². The first-order valence-corrected chi connectivity index (χ1v) is 4.91. The molecule has 1 amide bonds. The smallest absolute Gasteiger partial charge is 0.228 e. The number of carbonyl (C=O) groups is 1. The Balaban J connectivity index is 1.99. The van der Waals surface area contributed by atoms with Crippen molar-refractivity contribution in [2.75, 3.05) is 18.5 Å². The Morgan fingerprint density at radius 2 is 2.20 bits per heavy atom. The van der Waals surface area contributed by atoms with Crippen molar-refractivity contribution in [2.24, 2.45) is 0 Å². The SMILES string of the molecule is O=C1Cc2cc(C3(O)COC3)ccc2N1. The second-order valence-electron chi connectivity index (χ2n) is 4.12. The molecular weight excluding hydrogens is 194 g/mol. The molecule has 0 aromatic heterocycles. The number of aliphatic hydroxyl groups is 1. The average molecular weight is 205 g/mol. The van der Waals surface area contributed by atoms with Gasteiger partial charge >= 0.3 is 0 Å². The van der Waals surface area contributed by atoms with Crippen LogP contribution in [-0.2, 0) is 21.6 Å². The summed E-state index contributed by atoms with van der Waals surface area (Å²) in [5.41, 5.74) is 1.80. The molecule has 0 unspecified atom stereocenters. The van der Waals surface area contributed by atoms with Gasteiger partial charge in [0.2, 0.25) is 5.91 Å². The summed E-state index contributed by atoms with van der Waals surface area (Å²) in [6.45, 7) is 0.681. The van der Waals surface area contributed by atoms with Crippen molar-refractivity contribution in [3.63, 3.8) is 0 Å². The van der Waals surface area contributed by atoms with Gasteiger partial charge < -0.3 is 15.2 Å². The second-order valence-corrected chi connectivity index (χ2v) is 4.12. The monoisotopic (exact) mass is 205 g/mol. The first-order chi connectivity index (χ1) is 7.17. The molecule has 15 heavy (non-hydrogen) atoms. The topological polar surface area (TPSA) is 58.6 Å². The molecule has 78 valence electrons. The van der Waals surface area contributed by atoms with E-state index in [1.54, 1.807) is 0 Å². The van der Waals surface area contributed by atoms with E-state index in [0.29, 0.717) is 19.6 Å². The van der Waals surface area contributed by atoms with Crippen molar-refractivity contribution in [1.29, 1.82) is 0 Å². The van der Waals surface area contributed by atoms with Crippen molar-refractivity contribution in [3.8, 4) is 0 Å². The van der Waals surface area contributed by atoms with Crippen molar-refractivity contribution < 1.29 is 14.6 Å². The van der Waals surface area contributed by atoms with E-state index in [9.17, 15) is 9.90 Å². The normalized spacial score (nSPS) is 21.8. The van der Waals surface area contributed by atoms with Crippen LogP contribution in [0.4, 0.5) is 5.69 Å². The van der Waals surface area contributed by atoms with Gasteiger partial charge in [0.1, 0.15) is 5.60 Å². The number of ether oxygens (including phenoxy) is 1. The van der Waals surface area contributed by atoms with Crippen LogP contribution in [0.5, 0.6) is 0 Å². The summed E-state index contributed by atoms with van der Waals surface area (Å²) in [4.78, 5) is 11.1. The molecule has 2 heterocycles. The number of anilines is 1. The van der Waals surface area contributed by atoms with Crippen molar-refractivity contribution in [1.82, 2.24) is 0 Å². The molecule has 0 saturated carbocycles. The van der Waals surface area contributed by atoms with Crippen LogP contribution in [0, 0.1) is 0 Å². The average Bonchev–Trinajstić information content (AvgIpc) is 2.53. The standard InChI is InChI=1S/C11H11NO3/c13-10-4-7-3-8(1-2-9(7)12-10)11(14)5-15-6-11/h1-3,14H,4-6H2,(H,12,13). The lowest BCUT2D eigenvalue weighted by atomic mass is 9.90. The molecule has 1 saturated heterocycles. The third-order valence-corrected chi connectivity index (χ3v) is 2.95. The number of rotatable bonds is 1. The number of benzene rings is 1. The molecule has 2 aliphatic rings. The molecule has 0 radical (unpaired) electrons. The molecule has 0 bridgehead atoms. The van der Waals surface area contributed by atoms with Crippen molar-refractivity contribution in [3.05, 3.63) is 29.3 Å². The Hall–Kier alpha value is -1.39. The highest BCUT2D eigenvalue weighted by Gasteiger charge is 2.38. The fraction of sp³-hybridized carbons (Fsp3) is 0.364. The van der Waals surface area contributed by atoms with Crippen LogP contribution >= 0.6 is 0 Å². The number of nitrogens with one attached hydrogen (secondary N) is 1. The third-order valence-electron chi connectivity index (χ3n) is 2.95. The van der Waals surface area contributed by atoms with Crippen LogP contribution < -0.4 is 5.32 Å². The Kier molecular flexibility index (Phi) is 1.66. The number of fused-ring (bicyclic) bond motifs is 1. The van der Waals surface area contributed by atoms with Gasteiger partial charge in [-0.1, -0.05) is 12.1 Å². The second kappa shape index (κ2) is 2.81. The summed E-state index contributed by atoms with van der Waals surface area (Å²) in [6, 6.07) is 5.56. The molecular formula is C11H11NO3. The summed E-state index contributed by atoms with van der Waals surface area (Å²) >= 11 is 0. The van der Waals surface area contributed by atoms with E-state index >= 15 is 0 Å². The maximum absolute atomic E-state index is 11.1. The zero-order valence-electron chi connectivity index (χ0n) is 8.12. The lowest BCUT2D eigenvalue weighted by Crippen LogP contribution is -2.46. The molecule has 0 atom stereocenters. The number of hydrogen-bond donors (Lipinski definition) is 2. The fourth-order valence-corrected chi connectivity index (χ4v) is 1.98. The van der Waals surface area contributed by atoms with E-state index in [-0.39, 0.29) is 5.91 Å². The molecule has 1 aromatic carbocycles. The van der Waals surface area contributed by atoms with Crippen LogP contribution in [0.1, 0.15) is 11.1 Å². The van der Waals surface area contributed by atoms with Gasteiger partial charge in [0.05, 0.1) is 19.6 Å². The van der Waals surface area contributed by atoms with E-state index < -0.39 is 5.60 Å². The van der Waals surface area contributed by atoms with E-state index in [2.05, 4.69) is 5.32 Å². The van der Waals surface area contributed by atoms with Gasteiger partial charge in [-0.25, -0.2) is 0 Å². The van der Waals surface area contributed by atoms with Crippen LogP contribution in [0.2, 0.25) is 0 Å². The zero-order chi connectivity index (χ0) is 10.5. The van der Waals surface area contributed by atoms with Crippen LogP contribution in [0.15, 0.2) is 18.2 Å². The molecule has 4 heteroatoms. The minimum Gasteiger partial charge on any atom is -0.380 e. The van der Waals surface area contributed by atoms with Crippen molar-refractivity contribution >= 4 is 11.6 Å². The molecule has 4 nitrogen and oxygen atoms in total. The lowest BCUT2D eigenvalue weighted by Gasteiger charge is -2.36. The Morgan fingerprint density at radius 1 is 1.40 bits per heavy atom. The molecule has 1 aromatic rings. The maximum Gasteiger partial charge on any atom is 0.228 e. The number of carbonyl (C=O) groups excluding carboxylic acids is 1.